The average molecular weight is 288 g/mol. The maximum atomic E-state index is 11.7. The number of rotatable bonds is 10. The minimum Gasteiger partial charge on any atom is -0.389 e. The van der Waals surface area contributed by atoms with E-state index in [-0.39, 0.29) is 24.1 Å². The van der Waals surface area contributed by atoms with Crippen LogP contribution in [0.5, 0.6) is 0 Å². The predicted octanol–water partition coefficient (Wildman–Crippen LogP) is 1.30. The van der Waals surface area contributed by atoms with Gasteiger partial charge in [-0.1, -0.05) is 13.8 Å². The van der Waals surface area contributed by atoms with Crippen molar-refractivity contribution in [2.24, 2.45) is 5.92 Å². The summed E-state index contributed by atoms with van der Waals surface area (Å²) in [5.41, 5.74) is 0. The number of hydrogen-bond acceptors (Lipinski definition) is 4. The minimum absolute atomic E-state index is 0.0544. The second-order valence-electron chi connectivity index (χ2n) is 6.22. The summed E-state index contributed by atoms with van der Waals surface area (Å²) in [4.78, 5) is 11.7. The van der Waals surface area contributed by atoms with Crippen LogP contribution in [0.2, 0.25) is 0 Å². The SMILES string of the molecule is CC(C)CC(C)OCC(O)CNC(C)C(=O)NC(C)C. The van der Waals surface area contributed by atoms with Gasteiger partial charge in [-0.3, -0.25) is 4.79 Å². The first kappa shape index (κ1) is 19.4. The van der Waals surface area contributed by atoms with E-state index >= 15 is 0 Å². The zero-order valence-corrected chi connectivity index (χ0v) is 13.8. The Labute approximate surface area is 123 Å². The summed E-state index contributed by atoms with van der Waals surface area (Å²) in [5.74, 6) is 0.529. The van der Waals surface area contributed by atoms with Crippen molar-refractivity contribution in [3.05, 3.63) is 0 Å². The third-order valence-corrected chi connectivity index (χ3v) is 2.86. The average Bonchev–Trinajstić information content (AvgIpc) is 2.31. The van der Waals surface area contributed by atoms with Crippen molar-refractivity contribution >= 4 is 5.91 Å². The van der Waals surface area contributed by atoms with Crippen molar-refractivity contribution in [3.63, 3.8) is 0 Å². The number of carbonyl (C=O) groups excluding carboxylic acids is 1. The molecule has 3 atom stereocenters. The lowest BCUT2D eigenvalue weighted by molar-refractivity contribution is -0.123. The predicted molar refractivity (Wildman–Crippen MR) is 81.6 cm³/mol. The van der Waals surface area contributed by atoms with E-state index in [1.807, 2.05) is 20.8 Å². The molecule has 0 fully saturated rings. The highest BCUT2D eigenvalue weighted by Gasteiger charge is 2.15. The van der Waals surface area contributed by atoms with Gasteiger partial charge in [0.15, 0.2) is 0 Å². The highest BCUT2D eigenvalue weighted by atomic mass is 16.5. The summed E-state index contributed by atoms with van der Waals surface area (Å²) in [6.45, 7) is 12.6. The minimum atomic E-state index is -0.598. The smallest absolute Gasteiger partial charge is 0.237 e. The number of hydrogen-bond donors (Lipinski definition) is 3. The molecule has 0 radical (unpaired) electrons. The highest BCUT2D eigenvalue weighted by Crippen LogP contribution is 2.07. The fourth-order valence-electron chi connectivity index (χ4n) is 1.88. The molecule has 0 aromatic heterocycles. The number of aliphatic hydroxyl groups excluding tert-OH is 1. The monoisotopic (exact) mass is 288 g/mol. The maximum Gasteiger partial charge on any atom is 0.237 e. The van der Waals surface area contributed by atoms with Gasteiger partial charge < -0.3 is 20.5 Å². The molecule has 0 rings (SSSR count). The lowest BCUT2D eigenvalue weighted by atomic mass is 10.1. The Bertz CT molecular complexity index is 270. The van der Waals surface area contributed by atoms with Gasteiger partial charge in [0.25, 0.3) is 0 Å². The molecular weight excluding hydrogens is 256 g/mol. The molecule has 0 heterocycles. The van der Waals surface area contributed by atoms with Crippen LogP contribution < -0.4 is 10.6 Å². The summed E-state index contributed by atoms with van der Waals surface area (Å²) in [5, 5.41) is 15.7. The number of nitrogens with one attached hydrogen (secondary N) is 2. The van der Waals surface area contributed by atoms with E-state index in [4.69, 9.17) is 4.74 Å². The molecule has 20 heavy (non-hydrogen) atoms. The van der Waals surface area contributed by atoms with Gasteiger partial charge in [-0.05, 0) is 40.0 Å². The van der Waals surface area contributed by atoms with Gasteiger partial charge in [0, 0.05) is 12.6 Å². The molecule has 0 saturated heterocycles. The Morgan fingerprint density at radius 1 is 1.15 bits per heavy atom. The fraction of sp³-hybridized carbons (Fsp3) is 0.933. The molecule has 0 aromatic rings. The van der Waals surface area contributed by atoms with E-state index in [1.165, 1.54) is 0 Å². The van der Waals surface area contributed by atoms with Crippen molar-refractivity contribution in [2.75, 3.05) is 13.2 Å². The third kappa shape index (κ3) is 10.2. The zero-order valence-electron chi connectivity index (χ0n) is 13.8. The van der Waals surface area contributed by atoms with E-state index in [1.54, 1.807) is 6.92 Å². The van der Waals surface area contributed by atoms with Crippen LogP contribution in [0.15, 0.2) is 0 Å². The van der Waals surface area contributed by atoms with Crippen LogP contribution in [0.1, 0.15) is 48.0 Å². The first-order chi connectivity index (χ1) is 9.22. The molecule has 1 amide bonds. The largest absolute Gasteiger partial charge is 0.389 e. The molecule has 0 spiro atoms. The molecule has 120 valence electrons. The van der Waals surface area contributed by atoms with Gasteiger partial charge in [0.1, 0.15) is 0 Å². The molecule has 5 nitrogen and oxygen atoms in total. The molecular formula is C15H32N2O3. The van der Waals surface area contributed by atoms with E-state index in [0.717, 1.165) is 6.42 Å². The van der Waals surface area contributed by atoms with Gasteiger partial charge >= 0.3 is 0 Å². The number of carbonyl (C=O) groups is 1. The highest BCUT2D eigenvalue weighted by molar-refractivity contribution is 5.81. The van der Waals surface area contributed by atoms with Crippen LogP contribution >= 0.6 is 0 Å². The van der Waals surface area contributed by atoms with Gasteiger partial charge in [-0.15, -0.1) is 0 Å². The van der Waals surface area contributed by atoms with Gasteiger partial charge in [0.05, 0.1) is 24.9 Å². The first-order valence-corrected chi connectivity index (χ1v) is 7.55. The second-order valence-corrected chi connectivity index (χ2v) is 6.22. The van der Waals surface area contributed by atoms with Gasteiger partial charge in [-0.25, -0.2) is 0 Å². The van der Waals surface area contributed by atoms with Gasteiger partial charge in [0.2, 0.25) is 5.91 Å². The van der Waals surface area contributed by atoms with Crippen molar-refractivity contribution < 1.29 is 14.6 Å². The van der Waals surface area contributed by atoms with E-state index in [9.17, 15) is 9.90 Å². The third-order valence-electron chi connectivity index (χ3n) is 2.86. The van der Waals surface area contributed by atoms with Crippen molar-refractivity contribution in [1.82, 2.24) is 10.6 Å². The molecule has 0 aliphatic heterocycles. The summed E-state index contributed by atoms with van der Waals surface area (Å²) in [6, 6.07) is -0.197. The maximum absolute atomic E-state index is 11.7. The normalized spacial score (nSPS) is 16.2. The van der Waals surface area contributed by atoms with E-state index in [2.05, 4.69) is 24.5 Å². The van der Waals surface area contributed by atoms with Gasteiger partial charge in [-0.2, -0.15) is 0 Å². The molecule has 0 aliphatic carbocycles. The van der Waals surface area contributed by atoms with Crippen molar-refractivity contribution in [2.45, 2.75) is 72.3 Å². The molecule has 0 aromatic carbocycles. The van der Waals surface area contributed by atoms with Crippen LogP contribution in [0.4, 0.5) is 0 Å². The zero-order chi connectivity index (χ0) is 15.7. The van der Waals surface area contributed by atoms with Crippen LogP contribution in [0, 0.1) is 5.92 Å². The Kier molecular flexibility index (Phi) is 9.80. The van der Waals surface area contributed by atoms with Crippen LogP contribution in [0.3, 0.4) is 0 Å². The van der Waals surface area contributed by atoms with Crippen LogP contribution in [-0.2, 0) is 9.53 Å². The summed E-state index contributed by atoms with van der Waals surface area (Å²) < 4.78 is 5.58. The Morgan fingerprint density at radius 3 is 2.25 bits per heavy atom. The first-order valence-electron chi connectivity index (χ1n) is 7.55. The van der Waals surface area contributed by atoms with Crippen molar-refractivity contribution in [3.8, 4) is 0 Å². The Balaban J connectivity index is 3.81. The Morgan fingerprint density at radius 2 is 1.75 bits per heavy atom. The van der Waals surface area contributed by atoms with Crippen molar-refractivity contribution in [1.29, 1.82) is 0 Å². The number of amides is 1. The molecule has 0 bridgehead atoms. The summed E-state index contributed by atoms with van der Waals surface area (Å²) >= 11 is 0. The summed E-state index contributed by atoms with van der Waals surface area (Å²) in [7, 11) is 0. The molecule has 3 unspecified atom stereocenters. The molecule has 3 N–H and O–H groups in total. The van der Waals surface area contributed by atoms with Crippen LogP contribution in [-0.4, -0.2) is 48.5 Å². The van der Waals surface area contributed by atoms with Crippen LogP contribution in [0.25, 0.3) is 0 Å². The Hall–Kier alpha value is -0.650. The molecule has 0 saturated carbocycles. The topological polar surface area (TPSA) is 70.6 Å². The number of aliphatic hydroxyl groups is 1. The quantitative estimate of drug-likeness (QED) is 0.567. The van der Waals surface area contributed by atoms with E-state index < -0.39 is 6.10 Å². The fourth-order valence-corrected chi connectivity index (χ4v) is 1.88. The van der Waals surface area contributed by atoms with E-state index in [0.29, 0.717) is 19.1 Å². The standard InChI is InChI=1S/C15H32N2O3/c1-10(2)7-12(5)20-9-14(18)8-16-13(6)15(19)17-11(3)4/h10-14,16,18H,7-9H2,1-6H3,(H,17,19). The second kappa shape index (κ2) is 10.1. The molecule has 5 heteroatoms. The number of ether oxygens (including phenoxy) is 1. The molecule has 0 aliphatic rings. The lowest BCUT2D eigenvalue weighted by Gasteiger charge is -2.20. The lowest BCUT2D eigenvalue weighted by Crippen LogP contribution is -2.47. The summed E-state index contributed by atoms with van der Waals surface area (Å²) in [6.07, 6.45) is 0.526.